The molecule has 6 aliphatic heterocycles. The summed E-state index contributed by atoms with van der Waals surface area (Å²) in [6, 6.07) is 0. The van der Waals surface area contributed by atoms with Crippen LogP contribution in [-0.4, -0.2) is 81.5 Å². The van der Waals surface area contributed by atoms with Crippen molar-refractivity contribution in [3.05, 3.63) is 70.4 Å². The molecule has 0 aromatic heterocycles. The molecule has 0 aromatic carbocycles. The predicted octanol–water partition coefficient (Wildman–Crippen LogP) is 3.18. The van der Waals surface area contributed by atoms with Crippen LogP contribution in [0.4, 0.5) is 0 Å². The zero-order valence-corrected chi connectivity index (χ0v) is 26.6. The number of ether oxygens (including phenoxy) is 3. The molecule has 0 saturated carbocycles. The van der Waals surface area contributed by atoms with E-state index in [1.165, 1.54) is 26.8 Å². The van der Waals surface area contributed by atoms with Gasteiger partial charge in [0.15, 0.2) is 5.78 Å². The van der Waals surface area contributed by atoms with Crippen molar-refractivity contribution in [2.45, 2.75) is 84.9 Å². The normalized spacial score (nSPS) is 33.5. The first-order valence-electron chi connectivity index (χ1n) is 15.0. The molecular formula is C34H34N4O8. The van der Waals surface area contributed by atoms with Crippen LogP contribution in [0.3, 0.4) is 0 Å². The Morgan fingerprint density at radius 3 is 2.24 bits per heavy atom. The second-order valence-corrected chi connectivity index (χ2v) is 12.5. The number of Topliss-reactive ketones (excluding diaryl/α,β-unsaturated/α-hetero) is 2. The summed E-state index contributed by atoms with van der Waals surface area (Å²) in [6.45, 7) is 11.0. The van der Waals surface area contributed by atoms with Gasteiger partial charge >= 0.3 is 11.9 Å². The molecule has 0 unspecified atom stereocenters. The summed E-state index contributed by atoms with van der Waals surface area (Å²) in [6.07, 6.45) is 6.56. The summed E-state index contributed by atoms with van der Waals surface area (Å²) in [4.78, 5) is 70.9. The third kappa shape index (κ3) is 5.11. The average Bonchev–Trinajstić information content (AvgIpc) is 3.62. The largest absolute Gasteiger partial charge is 0.460 e. The number of nitrogens with zero attached hydrogens (tertiary/aromatic N) is 4. The van der Waals surface area contributed by atoms with Crippen LogP contribution in [0.1, 0.15) is 54.9 Å². The molecule has 1 fully saturated rings. The Labute approximate surface area is 265 Å². The molecule has 0 amide bonds. The van der Waals surface area contributed by atoms with Crippen molar-refractivity contribution >= 4 is 46.4 Å². The smallest absolute Gasteiger partial charge is 0.304 e. The van der Waals surface area contributed by atoms with Crippen molar-refractivity contribution < 1.29 is 38.5 Å². The van der Waals surface area contributed by atoms with Gasteiger partial charge in [-0.05, 0) is 82.2 Å². The van der Waals surface area contributed by atoms with Crippen molar-refractivity contribution in [3.63, 3.8) is 0 Å². The van der Waals surface area contributed by atoms with Crippen LogP contribution in [0.5, 0.6) is 0 Å². The number of aliphatic hydroxyl groups excluding tert-OH is 1. The summed E-state index contributed by atoms with van der Waals surface area (Å²) >= 11 is 0. The number of aliphatic hydroxyl groups is 1. The van der Waals surface area contributed by atoms with E-state index in [1.807, 2.05) is 13.8 Å². The third-order valence-electron chi connectivity index (χ3n) is 8.97. The molecular weight excluding hydrogens is 592 g/mol. The van der Waals surface area contributed by atoms with Crippen molar-refractivity contribution in [1.29, 1.82) is 0 Å². The van der Waals surface area contributed by atoms with Crippen LogP contribution < -0.4 is 0 Å². The summed E-state index contributed by atoms with van der Waals surface area (Å²) in [5.41, 5.74) is 0.851. The first-order valence-corrected chi connectivity index (χ1v) is 15.0. The van der Waals surface area contributed by atoms with Gasteiger partial charge in [-0.15, -0.1) is 0 Å². The number of rotatable bonds is 3. The van der Waals surface area contributed by atoms with Crippen LogP contribution >= 0.6 is 0 Å². The number of hydrogen-bond acceptors (Lipinski definition) is 12. The molecule has 6 aliphatic rings. The molecule has 8 bridgehead atoms. The van der Waals surface area contributed by atoms with Crippen LogP contribution in [0.15, 0.2) is 90.4 Å². The SMILES string of the molecule is CC(=O)O[C@@H]1C[C@@H](O)[C@@H](C)O[C@H]1[C@@]1(C)C(=O)C2=NC1=CC1=NC(=CC3=NC(=CC4=NC(=C2)C=C4C)[C@](C)(OC(C)=O)C3=O)C(C)=C1. The lowest BCUT2D eigenvalue weighted by molar-refractivity contribution is -0.206. The minimum Gasteiger partial charge on any atom is -0.460 e. The van der Waals surface area contributed by atoms with Gasteiger partial charge in [-0.1, -0.05) is 0 Å². The number of allylic oxidation sites excluding steroid dienone is 8. The van der Waals surface area contributed by atoms with Gasteiger partial charge in [0, 0.05) is 20.3 Å². The molecule has 0 radical (unpaired) electrons. The zero-order chi connectivity index (χ0) is 33.3. The summed E-state index contributed by atoms with van der Waals surface area (Å²) in [5, 5.41) is 10.6. The molecule has 12 heteroatoms. The van der Waals surface area contributed by atoms with Crippen molar-refractivity contribution in [2.24, 2.45) is 25.4 Å². The van der Waals surface area contributed by atoms with Gasteiger partial charge in [-0.3, -0.25) is 19.2 Å². The number of aliphatic imine (C=N–C) groups is 4. The molecule has 1 saturated heterocycles. The minimum absolute atomic E-state index is 0.0621. The van der Waals surface area contributed by atoms with E-state index >= 15 is 0 Å². The molecule has 6 atom stereocenters. The number of fused-ring (bicyclic) bond motifs is 4. The Morgan fingerprint density at radius 1 is 0.848 bits per heavy atom. The van der Waals surface area contributed by atoms with E-state index in [0.717, 1.165) is 11.1 Å². The van der Waals surface area contributed by atoms with Crippen molar-refractivity contribution in [3.8, 4) is 0 Å². The van der Waals surface area contributed by atoms with Crippen LogP contribution in [0, 0.1) is 5.41 Å². The third-order valence-corrected chi connectivity index (χ3v) is 8.97. The molecule has 0 aromatic rings. The first kappa shape index (κ1) is 31.3. The number of carbonyl (C=O) groups is 4. The second-order valence-electron chi connectivity index (χ2n) is 12.5. The summed E-state index contributed by atoms with van der Waals surface area (Å²) in [7, 11) is 0. The van der Waals surface area contributed by atoms with E-state index in [0.29, 0.717) is 28.5 Å². The molecule has 46 heavy (non-hydrogen) atoms. The summed E-state index contributed by atoms with van der Waals surface area (Å²) in [5.74, 6) is -2.08. The zero-order valence-electron chi connectivity index (χ0n) is 26.6. The van der Waals surface area contributed by atoms with Gasteiger partial charge < -0.3 is 19.3 Å². The highest BCUT2D eigenvalue weighted by Gasteiger charge is 2.57. The van der Waals surface area contributed by atoms with Gasteiger partial charge in [-0.2, -0.15) is 0 Å². The predicted molar refractivity (Wildman–Crippen MR) is 168 cm³/mol. The number of ketones is 2. The van der Waals surface area contributed by atoms with Crippen LogP contribution in [0.2, 0.25) is 0 Å². The maximum absolute atomic E-state index is 14.4. The fourth-order valence-electron chi connectivity index (χ4n) is 6.42. The van der Waals surface area contributed by atoms with Crippen molar-refractivity contribution in [2.75, 3.05) is 0 Å². The monoisotopic (exact) mass is 626 g/mol. The molecule has 238 valence electrons. The molecule has 0 spiro atoms. The van der Waals surface area contributed by atoms with Gasteiger partial charge in [0.2, 0.25) is 11.4 Å². The number of hydrogen-bond donors (Lipinski definition) is 1. The molecule has 12 nitrogen and oxygen atoms in total. The fourth-order valence-corrected chi connectivity index (χ4v) is 6.42. The van der Waals surface area contributed by atoms with Crippen molar-refractivity contribution in [1.82, 2.24) is 0 Å². The van der Waals surface area contributed by atoms with Gasteiger partial charge in [0.1, 0.15) is 29.0 Å². The highest BCUT2D eigenvalue weighted by Crippen LogP contribution is 2.46. The van der Waals surface area contributed by atoms with E-state index in [2.05, 4.69) is 9.98 Å². The van der Waals surface area contributed by atoms with Crippen LogP contribution in [-0.2, 0) is 33.4 Å². The Morgan fingerprint density at radius 2 is 1.54 bits per heavy atom. The molecule has 1 N–H and O–H groups in total. The maximum atomic E-state index is 14.4. The molecule has 0 aliphatic carbocycles. The number of carbonyl (C=O) groups excluding carboxylic acids is 4. The second kappa shape index (κ2) is 11.0. The topological polar surface area (TPSA) is 166 Å². The van der Waals surface area contributed by atoms with E-state index in [9.17, 15) is 24.3 Å². The van der Waals surface area contributed by atoms with Gasteiger partial charge in [0.05, 0.1) is 46.4 Å². The van der Waals surface area contributed by atoms with E-state index in [-0.39, 0.29) is 29.3 Å². The lowest BCUT2D eigenvalue weighted by Crippen LogP contribution is -2.57. The standard InChI is InChI=1S/C34H34N4O8/c1-15-9-21-11-28-33(6,32-27(45-18(4)39)14-26(41)17(3)44-32)30(42)24(37-28)10-20-8-16(2)23(35-20)13-29-34(7,46-19(5)40)31(43)25(38-29)12-22(15)36-21/h8-13,17,26-27,32,41H,14H2,1-7H3/t17-,26-,27-,32-,33-,34+/m1/s1. The van der Waals surface area contributed by atoms with Crippen LogP contribution in [0.25, 0.3) is 0 Å². The minimum atomic E-state index is -1.67. The highest BCUT2D eigenvalue weighted by atomic mass is 16.6. The van der Waals surface area contributed by atoms with E-state index in [4.69, 9.17) is 24.2 Å². The Kier molecular flexibility index (Phi) is 7.48. The first-order chi connectivity index (χ1) is 21.6. The quantitative estimate of drug-likeness (QED) is 0.467. The van der Waals surface area contributed by atoms with E-state index < -0.39 is 53.2 Å². The summed E-state index contributed by atoms with van der Waals surface area (Å²) < 4.78 is 17.4. The maximum Gasteiger partial charge on any atom is 0.304 e. The lowest BCUT2D eigenvalue weighted by Gasteiger charge is -2.44. The lowest BCUT2D eigenvalue weighted by atomic mass is 9.73. The Hall–Kier alpha value is -4.68. The van der Waals surface area contributed by atoms with E-state index in [1.54, 1.807) is 44.2 Å². The highest BCUT2D eigenvalue weighted by molar-refractivity contribution is 6.50. The molecule has 6 heterocycles. The fraction of sp³-hybridized carbons (Fsp3) is 0.412. The Bertz CT molecular complexity index is 1830. The molecule has 6 rings (SSSR count). The number of esters is 2. The average molecular weight is 627 g/mol. The van der Waals surface area contributed by atoms with Gasteiger partial charge in [-0.25, -0.2) is 20.0 Å². The van der Waals surface area contributed by atoms with Gasteiger partial charge in [0.25, 0.3) is 0 Å². The Balaban J connectivity index is 1.54.